The summed E-state index contributed by atoms with van der Waals surface area (Å²) < 4.78 is 72.4. The molecule has 0 atom stereocenters. The molecule has 0 saturated heterocycles. The Labute approximate surface area is 511 Å². The van der Waals surface area contributed by atoms with Gasteiger partial charge in [-0.3, -0.25) is 0 Å². The monoisotopic (exact) mass is 1230 g/mol. The minimum absolute atomic E-state index is 0.0261. The summed E-state index contributed by atoms with van der Waals surface area (Å²) in [6.07, 6.45) is 11.0. The van der Waals surface area contributed by atoms with Crippen LogP contribution in [0.25, 0.3) is 55.7 Å². The number of hydrogen-bond acceptors (Lipinski definition) is 8. The van der Waals surface area contributed by atoms with Crippen LogP contribution in [0.15, 0.2) is 150 Å². The summed E-state index contributed by atoms with van der Waals surface area (Å²) in [5, 5.41) is 27.8. The molecule has 2 N–H and O–H groups in total. The third-order valence-electron chi connectivity index (χ3n) is 16.1. The Morgan fingerprint density at radius 3 is 1.62 bits per heavy atom. The number of nitrogens with zero attached hydrogens (tertiary/aromatic N) is 5. The summed E-state index contributed by atoms with van der Waals surface area (Å²) in [7, 11) is -7.56. The van der Waals surface area contributed by atoms with Gasteiger partial charge in [-0.25, -0.2) is 15.0 Å². The number of hydrogen-bond donors (Lipinski definition) is 2. The number of benzene rings is 7. The van der Waals surface area contributed by atoms with Crippen LogP contribution in [-0.4, -0.2) is 62.8 Å². The van der Waals surface area contributed by atoms with Gasteiger partial charge in [0.2, 0.25) is 5.69 Å². The van der Waals surface area contributed by atoms with Crippen LogP contribution in [0.2, 0.25) is 0 Å². The van der Waals surface area contributed by atoms with Crippen LogP contribution >= 0.6 is 19.4 Å². The predicted molar refractivity (Wildman–Crippen MR) is 346 cm³/mol. The Bertz CT molecular complexity index is 3990. The zero-order chi connectivity index (χ0) is 63.8. The van der Waals surface area contributed by atoms with E-state index in [1.54, 1.807) is 52.3 Å². The summed E-state index contributed by atoms with van der Waals surface area (Å²) in [5.74, 6) is 3.45. The van der Waals surface area contributed by atoms with Gasteiger partial charge in [0.05, 0.1) is 30.8 Å². The van der Waals surface area contributed by atoms with Gasteiger partial charge in [0.15, 0.2) is 23.2 Å². The SMILES string of the molecule is CC(C)CCN1/C(=C/C=C(Cl)/C=C/C2=[N+](CCC(C)C)c3ccc4ccccc4c3C2(C)C)C(C)(C)c2c1ccc1ccccc21.COc1ccc(-c2nc(-c3ccc(C)cc3C)nc(-c3ccc(OC)c(C)c3O)n2)c(O)c1C.F[P-](F)(F)(F)(F)F. The molecule has 3 heterocycles. The molecule has 10 rings (SSSR count). The average Bonchev–Trinajstić information content (AvgIpc) is 1.61. The van der Waals surface area contributed by atoms with Crippen molar-refractivity contribution in [3.05, 3.63) is 184 Å². The van der Waals surface area contributed by atoms with Gasteiger partial charge < -0.3 is 24.6 Å². The Balaban J connectivity index is 0.000000211. The fourth-order valence-corrected chi connectivity index (χ4v) is 11.8. The Morgan fingerprint density at radius 2 is 1.11 bits per heavy atom. The number of halogens is 7. The van der Waals surface area contributed by atoms with E-state index in [9.17, 15) is 35.4 Å². The molecule has 2 aliphatic heterocycles. The molecular formula is C70H77ClF6N5O4P. The molecule has 0 unspecified atom stereocenters. The molecule has 0 amide bonds. The number of phenols is 2. The van der Waals surface area contributed by atoms with Crippen molar-refractivity contribution in [1.82, 2.24) is 15.0 Å². The number of aromatic hydroxyl groups is 2. The molecule has 460 valence electrons. The Kier molecular flexibility index (Phi) is 18.3. The van der Waals surface area contributed by atoms with Gasteiger partial charge in [-0.1, -0.05) is 132 Å². The van der Waals surface area contributed by atoms with E-state index in [2.05, 4.69) is 173 Å². The first-order valence-electron chi connectivity index (χ1n) is 29.0. The summed E-state index contributed by atoms with van der Waals surface area (Å²) in [6.45, 7) is 28.2. The molecule has 87 heavy (non-hydrogen) atoms. The van der Waals surface area contributed by atoms with Crippen LogP contribution in [0.1, 0.15) is 102 Å². The van der Waals surface area contributed by atoms with E-state index >= 15 is 0 Å². The number of phenolic OH excluding ortho intramolecular Hbond substituents is 2. The quantitative estimate of drug-likeness (QED) is 0.0480. The molecule has 8 aromatic rings. The van der Waals surface area contributed by atoms with E-state index < -0.39 is 7.81 Å². The van der Waals surface area contributed by atoms with Crippen molar-refractivity contribution in [3.63, 3.8) is 0 Å². The van der Waals surface area contributed by atoms with E-state index in [4.69, 9.17) is 31.0 Å². The van der Waals surface area contributed by atoms with Crippen molar-refractivity contribution in [3.8, 4) is 57.2 Å². The van der Waals surface area contributed by atoms with Crippen LogP contribution in [0.4, 0.5) is 36.6 Å². The topological polar surface area (TPSA) is 104 Å². The number of methoxy groups -OCH3 is 2. The molecule has 17 heteroatoms. The molecule has 2 aliphatic rings. The van der Waals surface area contributed by atoms with E-state index in [-0.39, 0.29) is 34.0 Å². The van der Waals surface area contributed by atoms with Crippen molar-refractivity contribution in [2.24, 2.45) is 11.8 Å². The number of ether oxygens (including phenoxy) is 2. The third kappa shape index (κ3) is 14.8. The van der Waals surface area contributed by atoms with Gasteiger partial charge in [0, 0.05) is 69.2 Å². The number of aryl methyl sites for hydroxylation is 2. The van der Waals surface area contributed by atoms with Gasteiger partial charge in [0.1, 0.15) is 29.5 Å². The summed E-state index contributed by atoms with van der Waals surface area (Å²) in [6, 6.07) is 39.7. The van der Waals surface area contributed by atoms with Gasteiger partial charge in [-0.05, 0) is 147 Å². The molecule has 0 spiro atoms. The summed E-state index contributed by atoms with van der Waals surface area (Å²) >= 11 is 7.07. The number of fused-ring (bicyclic) bond motifs is 6. The fourth-order valence-electron chi connectivity index (χ4n) is 11.7. The Morgan fingerprint density at radius 1 is 0.632 bits per heavy atom. The van der Waals surface area contributed by atoms with Crippen LogP contribution in [0.5, 0.6) is 23.0 Å². The number of allylic oxidation sites excluding steroid dienone is 6. The van der Waals surface area contributed by atoms with Crippen molar-refractivity contribution < 1.29 is 49.4 Å². The second kappa shape index (κ2) is 24.4. The average molecular weight is 1230 g/mol. The maximum absolute atomic E-state index is 10.9. The normalized spacial score (nSPS) is 15.8. The molecule has 0 saturated carbocycles. The van der Waals surface area contributed by atoms with Crippen molar-refractivity contribution in [2.75, 3.05) is 32.2 Å². The zero-order valence-electron chi connectivity index (χ0n) is 51.8. The number of aromatic nitrogens is 3. The van der Waals surface area contributed by atoms with Crippen molar-refractivity contribution in [1.29, 1.82) is 0 Å². The van der Waals surface area contributed by atoms with Crippen molar-refractivity contribution in [2.45, 2.75) is 107 Å². The first-order valence-corrected chi connectivity index (χ1v) is 31.4. The molecule has 7 aromatic carbocycles. The van der Waals surface area contributed by atoms with Crippen LogP contribution < -0.4 is 14.4 Å². The standard InChI is InChI=1S/C43H50ClN2.C27H27N3O4.F6P/c1-29(2)25-27-45-36-21-17-31-13-9-11-15-34(31)40(36)42(5,6)38(45)23-19-33(44)20-24-39-43(7,8)41-35-16-12-10-14-32(35)18-22-37(41)46(39)28-26-30(3)4;1-14-7-8-18(15(2)13-14)25-28-26(19-9-11-21(33-5)16(3)23(19)31)30-27(29-25)20-10-12-22(34-6)17(4)24(20)32;1-7(2,3,4,5)6/h9-24,29-30H,25-28H2,1-8H3;7-13,31-32H,1-6H3;/q+1;;-1. The predicted octanol–water partition coefficient (Wildman–Crippen LogP) is 20.7. The van der Waals surface area contributed by atoms with Gasteiger partial charge in [-0.2, -0.15) is 4.58 Å². The van der Waals surface area contributed by atoms with E-state index in [1.807, 2.05) is 26.0 Å². The van der Waals surface area contributed by atoms with Gasteiger partial charge in [0.25, 0.3) is 0 Å². The van der Waals surface area contributed by atoms with Crippen LogP contribution in [0.3, 0.4) is 0 Å². The van der Waals surface area contributed by atoms with Gasteiger partial charge in [-0.15, -0.1) is 0 Å². The van der Waals surface area contributed by atoms with Crippen LogP contribution in [0, 0.1) is 39.5 Å². The molecule has 0 aliphatic carbocycles. The fraction of sp³-hybridized carbons (Fsp3) is 0.314. The van der Waals surface area contributed by atoms with E-state index in [1.165, 1.54) is 55.5 Å². The molecule has 0 bridgehead atoms. The molecular weight excluding hydrogens is 1160 g/mol. The third-order valence-corrected chi connectivity index (χ3v) is 16.4. The summed E-state index contributed by atoms with van der Waals surface area (Å²) in [5.41, 5.74) is 12.8. The van der Waals surface area contributed by atoms with Crippen molar-refractivity contribution >= 4 is 58.0 Å². The zero-order valence-corrected chi connectivity index (χ0v) is 53.5. The van der Waals surface area contributed by atoms with E-state index in [0.29, 0.717) is 51.4 Å². The second-order valence-corrected chi connectivity index (χ2v) is 26.6. The minimum atomic E-state index is -10.7. The number of rotatable bonds is 14. The van der Waals surface area contributed by atoms with Gasteiger partial charge >= 0.3 is 33.0 Å². The molecule has 9 nitrogen and oxygen atoms in total. The second-order valence-electron chi connectivity index (χ2n) is 24.3. The van der Waals surface area contributed by atoms with E-state index in [0.717, 1.165) is 47.7 Å². The Hall–Kier alpha value is -7.74. The first-order chi connectivity index (χ1) is 40.6. The molecule has 0 radical (unpaired) electrons. The summed E-state index contributed by atoms with van der Waals surface area (Å²) in [4.78, 5) is 16.6. The first kappa shape index (κ1) is 65.2. The van der Waals surface area contributed by atoms with Crippen LogP contribution in [-0.2, 0) is 10.8 Å². The maximum atomic E-state index is 10.9. The number of anilines is 1. The molecule has 0 fully saturated rings. The molecule has 1 aromatic heterocycles.